The number of rotatable bonds is 3. The summed E-state index contributed by atoms with van der Waals surface area (Å²) in [6.07, 6.45) is 0.282. The molecule has 0 radical (unpaired) electrons. The second-order valence-electron chi connectivity index (χ2n) is 8.31. The molecule has 8 nitrogen and oxygen atoms in total. The van der Waals surface area contributed by atoms with E-state index in [4.69, 9.17) is 0 Å². The van der Waals surface area contributed by atoms with Gasteiger partial charge in [-0.1, -0.05) is 12.1 Å². The van der Waals surface area contributed by atoms with Crippen LogP contribution in [0.4, 0.5) is 0 Å². The maximum atomic E-state index is 13.1. The topological polar surface area (TPSA) is 98.8 Å². The summed E-state index contributed by atoms with van der Waals surface area (Å²) in [5.41, 5.74) is 1.49. The highest BCUT2D eigenvalue weighted by atomic mass is 16.2. The number of piperidine rings is 1. The van der Waals surface area contributed by atoms with Crippen LogP contribution < -0.4 is 10.6 Å². The lowest BCUT2D eigenvalue weighted by Gasteiger charge is -2.39. The molecule has 8 heteroatoms. The lowest BCUT2D eigenvalue weighted by atomic mass is 9.99. The summed E-state index contributed by atoms with van der Waals surface area (Å²) >= 11 is 0. The van der Waals surface area contributed by atoms with Crippen molar-refractivity contribution in [2.75, 3.05) is 19.6 Å². The molecule has 2 saturated heterocycles. The highest BCUT2D eigenvalue weighted by molar-refractivity contribution is 6.24. The summed E-state index contributed by atoms with van der Waals surface area (Å²) < 4.78 is 0. The molecule has 3 aliphatic heterocycles. The van der Waals surface area contributed by atoms with Crippen LogP contribution in [0.2, 0.25) is 0 Å². The Morgan fingerprint density at radius 1 is 1.14 bits per heavy atom. The van der Waals surface area contributed by atoms with Crippen LogP contribution in [0.5, 0.6) is 0 Å². The van der Waals surface area contributed by atoms with Crippen LogP contribution in [-0.2, 0) is 16.1 Å². The van der Waals surface area contributed by atoms with Crippen LogP contribution >= 0.6 is 0 Å². The van der Waals surface area contributed by atoms with Gasteiger partial charge in [-0.3, -0.25) is 34.3 Å². The molecular formula is C20H24N4O4. The van der Waals surface area contributed by atoms with E-state index in [9.17, 15) is 19.2 Å². The first-order valence-electron chi connectivity index (χ1n) is 9.58. The van der Waals surface area contributed by atoms with Crippen molar-refractivity contribution in [3.63, 3.8) is 0 Å². The van der Waals surface area contributed by atoms with Gasteiger partial charge in [0.15, 0.2) is 0 Å². The number of amides is 4. The lowest BCUT2D eigenvalue weighted by molar-refractivity contribution is -0.136. The Balaban J connectivity index is 1.61. The monoisotopic (exact) mass is 384 g/mol. The highest BCUT2D eigenvalue weighted by Crippen LogP contribution is 2.30. The van der Waals surface area contributed by atoms with Crippen LogP contribution in [0.25, 0.3) is 0 Å². The molecule has 1 aromatic carbocycles. The van der Waals surface area contributed by atoms with E-state index in [1.165, 1.54) is 0 Å². The average Bonchev–Trinajstić information content (AvgIpc) is 2.87. The average molecular weight is 384 g/mol. The molecule has 2 fully saturated rings. The Labute approximate surface area is 163 Å². The zero-order valence-corrected chi connectivity index (χ0v) is 16.1. The fourth-order valence-corrected chi connectivity index (χ4v) is 4.34. The molecule has 2 N–H and O–H groups in total. The van der Waals surface area contributed by atoms with Crippen LogP contribution in [0.15, 0.2) is 18.2 Å². The number of fused-ring (bicyclic) bond motifs is 1. The Morgan fingerprint density at radius 2 is 1.93 bits per heavy atom. The zero-order chi connectivity index (χ0) is 20.1. The van der Waals surface area contributed by atoms with E-state index in [0.29, 0.717) is 17.7 Å². The molecule has 0 saturated carbocycles. The molecule has 1 atom stereocenters. The Kier molecular flexibility index (Phi) is 4.55. The summed E-state index contributed by atoms with van der Waals surface area (Å²) in [5.74, 6) is -1.87. The number of hydrogen-bond donors (Lipinski definition) is 2. The first kappa shape index (κ1) is 18.8. The Bertz CT molecular complexity index is 879. The standard InChI is InChI=1S/C20H24N4O4/c1-20(2)11-23(9-8-21-20)10-12-4-3-5-13-16(12)19(28)24(18(13)27)14-6-7-15(25)22-17(14)26/h3-5,14,21H,6-11H2,1-2H3,(H,22,25,26). The van der Waals surface area contributed by atoms with Gasteiger partial charge in [0.05, 0.1) is 11.1 Å². The first-order valence-corrected chi connectivity index (χ1v) is 9.58. The minimum Gasteiger partial charge on any atom is -0.309 e. The molecule has 1 unspecified atom stereocenters. The van der Waals surface area contributed by atoms with Crippen molar-refractivity contribution in [3.8, 4) is 0 Å². The van der Waals surface area contributed by atoms with Crippen molar-refractivity contribution < 1.29 is 19.2 Å². The number of benzene rings is 1. The smallest absolute Gasteiger partial charge is 0.262 e. The van der Waals surface area contributed by atoms with E-state index in [1.54, 1.807) is 12.1 Å². The molecule has 148 valence electrons. The molecule has 4 amide bonds. The van der Waals surface area contributed by atoms with Gasteiger partial charge in [0.25, 0.3) is 11.8 Å². The van der Waals surface area contributed by atoms with E-state index in [2.05, 4.69) is 29.4 Å². The highest BCUT2D eigenvalue weighted by Gasteiger charge is 2.45. The number of hydrogen-bond acceptors (Lipinski definition) is 6. The van der Waals surface area contributed by atoms with Gasteiger partial charge in [-0.2, -0.15) is 0 Å². The third-order valence-corrected chi connectivity index (χ3v) is 5.60. The van der Waals surface area contributed by atoms with E-state index in [1.807, 2.05) is 6.07 Å². The van der Waals surface area contributed by atoms with E-state index < -0.39 is 23.8 Å². The normalized spacial score (nSPS) is 25.1. The SMILES string of the molecule is CC1(C)CN(Cc2cccc3c2C(=O)N(C2CCC(=O)NC2=O)C3=O)CCN1. The Hall–Kier alpha value is -2.58. The third kappa shape index (κ3) is 3.22. The van der Waals surface area contributed by atoms with Crippen LogP contribution in [0.3, 0.4) is 0 Å². The molecule has 1 aromatic rings. The molecule has 4 rings (SSSR count). The quantitative estimate of drug-likeness (QED) is 0.726. The van der Waals surface area contributed by atoms with Crippen molar-refractivity contribution >= 4 is 23.6 Å². The number of nitrogens with zero attached hydrogens (tertiary/aromatic N) is 2. The molecule has 0 aliphatic carbocycles. The lowest BCUT2D eigenvalue weighted by Crippen LogP contribution is -2.56. The van der Waals surface area contributed by atoms with Crippen molar-refractivity contribution in [1.82, 2.24) is 20.4 Å². The largest absolute Gasteiger partial charge is 0.309 e. The predicted molar refractivity (Wildman–Crippen MR) is 100 cm³/mol. The van der Waals surface area contributed by atoms with Crippen molar-refractivity contribution in [3.05, 3.63) is 34.9 Å². The van der Waals surface area contributed by atoms with Crippen molar-refractivity contribution in [2.45, 2.75) is 44.8 Å². The summed E-state index contributed by atoms with van der Waals surface area (Å²) in [6, 6.07) is 4.34. The van der Waals surface area contributed by atoms with Gasteiger partial charge in [-0.15, -0.1) is 0 Å². The molecule has 0 spiro atoms. The summed E-state index contributed by atoms with van der Waals surface area (Å²) in [7, 11) is 0. The Morgan fingerprint density at radius 3 is 2.64 bits per heavy atom. The van der Waals surface area contributed by atoms with E-state index >= 15 is 0 Å². The molecular weight excluding hydrogens is 360 g/mol. The van der Waals surface area contributed by atoms with E-state index in [0.717, 1.165) is 30.1 Å². The maximum absolute atomic E-state index is 13.1. The summed E-state index contributed by atoms with van der Waals surface area (Å²) in [5, 5.41) is 5.68. The van der Waals surface area contributed by atoms with E-state index in [-0.39, 0.29) is 24.3 Å². The van der Waals surface area contributed by atoms with Crippen molar-refractivity contribution in [1.29, 1.82) is 0 Å². The number of carbonyl (C=O) groups excluding carboxylic acids is 4. The van der Waals surface area contributed by atoms with Crippen molar-refractivity contribution in [2.24, 2.45) is 0 Å². The molecule has 3 heterocycles. The third-order valence-electron chi connectivity index (χ3n) is 5.60. The number of nitrogens with one attached hydrogen (secondary N) is 2. The van der Waals surface area contributed by atoms with Gasteiger partial charge in [-0.05, 0) is 31.9 Å². The number of imide groups is 2. The second kappa shape index (κ2) is 6.79. The minimum absolute atomic E-state index is 0.0191. The maximum Gasteiger partial charge on any atom is 0.262 e. The first-order chi connectivity index (χ1) is 13.3. The number of carbonyl (C=O) groups is 4. The van der Waals surface area contributed by atoms with Crippen LogP contribution in [0.1, 0.15) is 53.0 Å². The van der Waals surface area contributed by atoms with Crippen LogP contribution in [0, 0.1) is 0 Å². The predicted octanol–water partition coefficient (Wildman–Crippen LogP) is 0.272. The van der Waals surface area contributed by atoms with Gasteiger partial charge in [-0.25, -0.2) is 0 Å². The zero-order valence-electron chi connectivity index (χ0n) is 16.1. The second-order valence-corrected chi connectivity index (χ2v) is 8.31. The molecule has 28 heavy (non-hydrogen) atoms. The number of piperazine rings is 1. The fraction of sp³-hybridized carbons (Fsp3) is 0.500. The van der Waals surface area contributed by atoms with Gasteiger partial charge >= 0.3 is 0 Å². The molecule has 3 aliphatic rings. The van der Waals surface area contributed by atoms with Gasteiger partial charge in [0.1, 0.15) is 6.04 Å². The molecule has 0 bridgehead atoms. The van der Waals surface area contributed by atoms with Gasteiger partial charge in [0.2, 0.25) is 11.8 Å². The fourth-order valence-electron chi connectivity index (χ4n) is 4.34. The van der Waals surface area contributed by atoms with Gasteiger partial charge in [0, 0.05) is 38.1 Å². The summed E-state index contributed by atoms with van der Waals surface area (Å²) in [6.45, 7) is 7.37. The van der Waals surface area contributed by atoms with Crippen LogP contribution in [-0.4, -0.2) is 64.6 Å². The van der Waals surface area contributed by atoms with Gasteiger partial charge < -0.3 is 5.32 Å². The molecule has 0 aromatic heterocycles. The summed E-state index contributed by atoms with van der Waals surface area (Å²) in [4.78, 5) is 52.9. The minimum atomic E-state index is -0.934.